The van der Waals surface area contributed by atoms with E-state index in [4.69, 9.17) is 4.74 Å². The zero-order valence-corrected chi connectivity index (χ0v) is 10.7. The summed E-state index contributed by atoms with van der Waals surface area (Å²) in [5.74, 6) is -0.350. The number of esters is 1. The molecule has 0 bridgehead atoms. The summed E-state index contributed by atoms with van der Waals surface area (Å²) in [6.07, 6.45) is -0.626. The molecule has 0 radical (unpaired) electrons. The van der Waals surface area contributed by atoms with E-state index in [2.05, 4.69) is 10.2 Å². The number of carbonyl (C=O) groups is 1. The van der Waals surface area contributed by atoms with Gasteiger partial charge in [-0.3, -0.25) is 4.79 Å². The Morgan fingerprint density at radius 3 is 2.62 bits per heavy atom. The van der Waals surface area contributed by atoms with E-state index >= 15 is 0 Å². The highest BCUT2D eigenvalue weighted by molar-refractivity contribution is 5.69. The number of nitrogens with one attached hydrogen (secondary N) is 1. The number of aliphatic hydroxyl groups is 1. The van der Waals surface area contributed by atoms with Crippen LogP contribution in [0.2, 0.25) is 0 Å². The fraction of sp³-hybridized carbons (Fsp3) is 0.909. The third-order valence-corrected chi connectivity index (χ3v) is 2.05. The van der Waals surface area contributed by atoms with Gasteiger partial charge in [-0.15, -0.1) is 0 Å². The summed E-state index contributed by atoms with van der Waals surface area (Å²) < 4.78 is 4.75. The standard InChI is InChI=1S/C11H24N2O3/c1-5-16-11(15)6-10(14)7-12-9(2)8-13(3)4/h9-10,12,14H,5-8H2,1-4H3. The molecular formula is C11H24N2O3. The summed E-state index contributed by atoms with van der Waals surface area (Å²) in [5.41, 5.74) is 0. The van der Waals surface area contributed by atoms with E-state index in [1.54, 1.807) is 6.92 Å². The Bertz CT molecular complexity index is 198. The van der Waals surface area contributed by atoms with E-state index in [9.17, 15) is 9.90 Å². The Kier molecular flexibility index (Phi) is 8.15. The first-order valence-electron chi connectivity index (χ1n) is 5.67. The number of hydrogen-bond donors (Lipinski definition) is 2. The molecule has 0 saturated heterocycles. The lowest BCUT2D eigenvalue weighted by molar-refractivity contribution is -0.145. The fourth-order valence-corrected chi connectivity index (χ4v) is 1.43. The monoisotopic (exact) mass is 232 g/mol. The second-order valence-electron chi connectivity index (χ2n) is 4.23. The lowest BCUT2D eigenvalue weighted by Crippen LogP contribution is -2.40. The van der Waals surface area contributed by atoms with Gasteiger partial charge >= 0.3 is 5.97 Å². The summed E-state index contributed by atoms with van der Waals surface area (Å²) in [5, 5.41) is 12.7. The normalized spacial score (nSPS) is 14.9. The van der Waals surface area contributed by atoms with Crippen LogP contribution in [0.15, 0.2) is 0 Å². The predicted molar refractivity (Wildman–Crippen MR) is 63.3 cm³/mol. The van der Waals surface area contributed by atoms with E-state index in [1.807, 2.05) is 21.0 Å². The Hall–Kier alpha value is -0.650. The van der Waals surface area contributed by atoms with Gasteiger partial charge in [-0.1, -0.05) is 0 Å². The first-order chi connectivity index (χ1) is 7.45. The summed E-state index contributed by atoms with van der Waals surface area (Å²) >= 11 is 0. The summed E-state index contributed by atoms with van der Waals surface area (Å²) in [7, 11) is 3.99. The molecule has 5 nitrogen and oxygen atoms in total. The average Bonchev–Trinajstić information content (AvgIpc) is 2.14. The van der Waals surface area contributed by atoms with Gasteiger partial charge in [-0.05, 0) is 27.9 Å². The second kappa shape index (κ2) is 8.50. The molecule has 0 aliphatic carbocycles. The highest BCUT2D eigenvalue weighted by Crippen LogP contribution is 1.95. The van der Waals surface area contributed by atoms with Gasteiger partial charge in [-0.25, -0.2) is 0 Å². The first kappa shape index (κ1) is 15.3. The second-order valence-corrected chi connectivity index (χ2v) is 4.23. The van der Waals surface area contributed by atoms with Crippen molar-refractivity contribution in [2.45, 2.75) is 32.4 Å². The zero-order valence-electron chi connectivity index (χ0n) is 10.7. The molecule has 0 heterocycles. The minimum atomic E-state index is -0.677. The first-order valence-corrected chi connectivity index (χ1v) is 5.67. The molecule has 2 unspecified atom stereocenters. The van der Waals surface area contributed by atoms with Crippen LogP contribution < -0.4 is 5.32 Å². The SMILES string of the molecule is CCOC(=O)CC(O)CNC(C)CN(C)C. The molecular weight excluding hydrogens is 208 g/mol. The molecule has 0 spiro atoms. The number of rotatable bonds is 8. The van der Waals surface area contributed by atoms with E-state index in [-0.39, 0.29) is 18.4 Å². The van der Waals surface area contributed by atoms with Crippen molar-refractivity contribution in [2.75, 3.05) is 33.8 Å². The van der Waals surface area contributed by atoms with Crippen LogP contribution in [0.5, 0.6) is 0 Å². The molecule has 2 atom stereocenters. The highest BCUT2D eigenvalue weighted by Gasteiger charge is 2.12. The molecule has 16 heavy (non-hydrogen) atoms. The van der Waals surface area contributed by atoms with Crippen molar-refractivity contribution in [3.8, 4) is 0 Å². The van der Waals surface area contributed by atoms with Gasteiger partial charge in [-0.2, -0.15) is 0 Å². The van der Waals surface area contributed by atoms with Crippen LogP contribution in [-0.4, -0.2) is 61.9 Å². The van der Waals surface area contributed by atoms with Crippen LogP contribution in [0.25, 0.3) is 0 Å². The molecule has 0 aromatic carbocycles. The number of aliphatic hydroxyl groups excluding tert-OH is 1. The number of nitrogens with zero attached hydrogens (tertiary/aromatic N) is 1. The van der Waals surface area contributed by atoms with Crippen molar-refractivity contribution < 1.29 is 14.6 Å². The zero-order chi connectivity index (χ0) is 12.6. The van der Waals surface area contributed by atoms with Crippen LogP contribution in [0.3, 0.4) is 0 Å². The van der Waals surface area contributed by atoms with E-state index in [1.165, 1.54) is 0 Å². The van der Waals surface area contributed by atoms with Crippen molar-refractivity contribution in [2.24, 2.45) is 0 Å². The molecule has 0 saturated carbocycles. The Balaban J connectivity index is 3.63. The Morgan fingerprint density at radius 2 is 2.12 bits per heavy atom. The predicted octanol–water partition coefficient (Wildman–Crippen LogP) is -0.160. The average molecular weight is 232 g/mol. The van der Waals surface area contributed by atoms with Crippen LogP contribution in [0.4, 0.5) is 0 Å². The maximum absolute atomic E-state index is 11.1. The summed E-state index contributed by atoms with van der Waals surface area (Å²) in [4.78, 5) is 13.1. The highest BCUT2D eigenvalue weighted by atomic mass is 16.5. The molecule has 0 aromatic rings. The number of carbonyl (C=O) groups excluding carboxylic acids is 1. The third-order valence-electron chi connectivity index (χ3n) is 2.05. The van der Waals surface area contributed by atoms with Crippen LogP contribution in [0.1, 0.15) is 20.3 Å². The molecule has 0 aliphatic heterocycles. The van der Waals surface area contributed by atoms with Crippen LogP contribution in [-0.2, 0) is 9.53 Å². The van der Waals surface area contributed by atoms with Crippen molar-refractivity contribution in [1.29, 1.82) is 0 Å². The maximum atomic E-state index is 11.1. The largest absolute Gasteiger partial charge is 0.466 e. The quantitative estimate of drug-likeness (QED) is 0.569. The number of hydrogen-bond acceptors (Lipinski definition) is 5. The van der Waals surface area contributed by atoms with E-state index < -0.39 is 6.10 Å². The number of ether oxygens (including phenoxy) is 1. The molecule has 0 rings (SSSR count). The van der Waals surface area contributed by atoms with Gasteiger partial charge in [0.1, 0.15) is 0 Å². The lowest BCUT2D eigenvalue weighted by Gasteiger charge is -2.20. The molecule has 0 aliphatic rings. The van der Waals surface area contributed by atoms with Gasteiger partial charge in [0.05, 0.1) is 19.1 Å². The molecule has 0 fully saturated rings. The van der Waals surface area contributed by atoms with Crippen molar-refractivity contribution in [3.05, 3.63) is 0 Å². The van der Waals surface area contributed by atoms with Gasteiger partial charge in [0, 0.05) is 19.1 Å². The van der Waals surface area contributed by atoms with Crippen molar-refractivity contribution in [1.82, 2.24) is 10.2 Å². The molecule has 96 valence electrons. The van der Waals surface area contributed by atoms with Crippen molar-refractivity contribution >= 4 is 5.97 Å². The summed E-state index contributed by atoms with van der Waals surface area (Å²) in [6, 6.07) is 0.284. The van der Waals surface area contributed by atoms with Gasteiger partial charge in [0.2, 0.25) is 0 Å². The molecule has 5 heteroatoms. The van der Waals surface area contributed by atoms with Gasteiger partial charge < -0.3 is 20.1 Å². The fourth-order valence-electron chi connectivity index (χ4n) is 1.43. The molecule has 0 aromatic heterocycles. The van der Waals surface area contributed by atoms with E-state index in [0.717, 1.165) is 6.54 Å². The Labute approximate surface area is 97.8 Å². The summed E-state index contributed by atoms with van der Waals surface area (Å²) in [6.45, 7) is 5.45. The van der Waals surface area contributed by atoms with Gasteiger partial charge in [0.25, 0.3) is 0 Å². The molecule has 0 amide bonds. The lowest BCUT2D eigenvalue weighted by atomic mass is 10.2. The topological polar surface area (TPSA) is 61.8 Å². The molecule has 2 N–H and O–H groups in total. The smallest absolute Gasteiger partial charge is 0.308 e. The van der Waals surface area contributed by atoms with Crippen LogP contribution in [0, 0.1) is 0 Å². The van der Waals surface area contributed by atoms with Crippen molar-refractivity contribution in [3.63, 3.8) is 0 Å². The number of likely N-dealkylation sites (N-methyl/N-ethyl adjacent to an activating group) is 1. The van der Waals surface area contributed by atoms with Crippen LogP contribution >= 0.6 is 0 Å². The minimum absolute atomic E-state index is 0.0511. The van der Waals surface area contributed by atoms with Gasteiger partial charge in [0.15, 0.2) is 0 Å². The minimum Gasteiger partial charge on any atom is -0.466 e. The maximum Gasteiger partial charge on any atom is 0.308 e. The Morgan fingerprint density at radius 1 is 1.50 bits per heavy atom. The van der Waals surface area contributed by atoms with E-state index in [0.29, 0.717) is 13.2 Å². The third kappa shape index (κ3) is 8.64.